The molecule has 0 aliphatic heterocycles. The predicted octanol–water partition coefficient (Wildman–Crippen LogP) is 5.68. The highest BCUT2D eigenvalue weighted by molar-refractivity contribution is 7.98. The summed E-state index contributed by atoms with van der Waals surface area (Å²) in [6.07, 6.45) is 3.59. The van der Waals surface area contributed by atoms with Crippen LogP contribution in [0.2, 0.25) is 0 Å². The molecule has 154 valence electrons. The zero-order chi connectivity index (χ0) is 20.9. The fourth-order valence-electron chi connectivity index (χ4n) is 2.97. The van der Waals surface area contributed by atoms with Crippen LogP contribution < -0.4 is 14.8 Å². The Bertz CT molecular complexity index is 1170. The molecule has 2 aromatic heterocycles. The molecule has 8 heteroatoms. The summed E-state index contributed by atoms with van der Waals surface area (Å²) < 4.78 is 26.2. The van der Waals surface area contributed by atoms with Crippen molar-refractivity contribution in [3.05, 3.63) is 66.2 Å². The average molecular weight is 425 g/mol. The molecule has 30 heavy (non-hydrogen) atoms. The van der Waals surface area contributed by atoms with Crippen LogP contribution in [0.15, 0.2) is 54.7 Å². The van der Waals surface area contributed by atoms with Crippen molar-refractivity contribution in [1.82, 2.24) is 15.0 Å². The van der Waals surface area contributed by atoms with Gasteiger partial charge in [0.15, 0.2) is 11.6 Å². The maximum absolute atomic E-state index is 14.8. The van der Waals surface area contributed by atoms with Gasteiger partial charge in [0, 0.05) is 46.4 Å². The molecule has 6 nitrogen and oxygen atoms in total. The van der Waals surface area contributed by atoms with Gasteiger partial charge in [0.1, 0.15) is 5.75 Å². The lowest BCUT2D eigenvalue weighted by atomic mass is 10.2. The van der Waals surface area contributed by atoms with Crippen molar-refractivity contribution in [1.29, 1.82) is 0 Å². The summed E-state index contributed by atoms with van der Waals surface area (Å²) in [5.41, 5.74) is 2.39. The summed E-state index contributed by atoms with van der Waals surface area (Å²) in [5, 5.41) is 3.60. The zero-order valence-corrected chi connectivity index (χ0v) is 17.4. The van der Waals surface area contributed by atoms with E-state index in [1.807, 2.05) is 37.4 Å². The molecule has 0 bridgehead atoms. The lowest BCUT2D eigenvalue weighted by Crippen LogP contribution is -2.01. The Labute approximate surface area is 177 Å². The van der Waals surface area contributed by atoms with Crippen molar-refractivity contribution >= 4 is 34.3 Å². The van der Waals surface area contributed by atoms with E-state index < -0.39 is 5.82 Å². The number of thioether (sulfide) groups is 1. The largest absolute Gasteiger partial charge is 0.493 e. The van der Waals surface area contributed by atoms with Crippen LogP contribution in [0.4, 0.5) is 16.0 Å². The number of H-pyrrole nitrogens is 1. The van der Waals surface area contributed by atoms with E-state index in [4.69, 9.17) is 9.47 Å². The minimum Gasteiger partial charge on any atom is -0.493 e. The number of hydrogen-bond acceptors (Lipinski definition) is 6. The number of nitrogens with one attached hydrogen (secondary N) is 2. The van der Waals surface area contributed by atoms with Crippen molar-refractivity contribution in [3.8, 4) is 17.4 Å². The Morgan fingerprint density at radius 3 is 2.93 bits per heavy atom. The van der Waals surface area contributed by atoms with Gasteiger partial charge in [0.05, 0.1) is 6.61 Å². The molecule has 0 spiro atoms. The van der Waals surface area contributed by atoms with E-state index in [9.17, 15) is 4.39 Å². The first-order valence-electron chi connectivity index (χ1n) is 9.40. The number of fused-ring (bicyclic) bond motifs is 1. The lowest BCUT2D eigenvalue weighted by Gasteiger charge is -2.10. The molecule has 4 aromatic rings. The van der Waals surface area contributed by atoms with Crippen molar-refractivity contribution in [3.63, 3.8) is 0 Å². The summed E-state index contributed by atoms with van der Waals surface area (Å²) in [6.45, 7) is 2.52. The summed E-state index contributed by atoms with van der Waals surface area (Å²) in [6, 6.07) is 14.2. The van der Waals surface area contributed by atoms with Crippen molar-refractivity contribution in [2.45, 2.75) is 6.92 Å². The van der Waals surface area contributed by atoms with Gasteiger partial charge in [-0.3, -0.25) is 0 Å². The highest BCUT2D eigenvalue weighted by Crippen LogP contribution is 2.30. The lowest BCUT2D eigenvalue weighted by molar-refractivity contribution is 0.344. The van der Waals surface area contributed by atoms with Gasteiger partial charge in [-0.15, -0.1) is 0 Å². The normalized spacial score (nSPS) is 10.9. The highest BCUT2D eigenvalue weighted by Gasteiger charge is 2.12. The van der Waals surface area contributed by atoms with Gasteiger partial charge < -0.3 is 19.8 Å². The monoisotopic (exact) mass is 424 g/mol. The van der Waals surface area contributed by atoms with Gasteiger partial charge in [-0.1, -0.05) is 6.07 Å². The Kier molecular flexibility index (Phi) is 6.04. The standard InChI is InChI=1S/C22H21FN4O2S/c1-14-12-17-18(25-14)6-7-19(21(17)23)29-20-8-9-24-22(27-20)26-15-4-3-5-16(13-15)28-10-11-30-2/h3-9,12-13,25H,10-11H2,1-2H3,(H,24,26,27). The van der Waals surface area contributed by atoms with Crippen LogP contribution in [0.25, 0.3) is 10.9 Å². The smallest absolute Gasteiger partial charge is 0.230 e. The van der Waals surface area contributed by atoms with Crippen molar-refractivity contribution in [2.24, 2.45) is 0 Å². The minimum absolute atomic E-state index is 0.107. The number of benzene rings is 2. The quantitative estimate of drug-likeness (QED) is 0.355. The third kappa shape index (κ3) is 4.65. The van der Waals surface area contributed by atoms with E-state index in [0.29, 0.717) is 17.9 Å². The molecule has 0 atom stereocenters. The van der Waals surface area contributed by atoms with Crippen LogP contribution in [-0.2, 0) is 0 Å². The number of nitrogens with zero attached hydrogens (tertiary/aromatic N) is 2. The van der Waals surface area contributed by atoms with E-state index in [0.717, 1.165) is 28.4 Å². The van der Waals surface area contributed by atoms with Crippen LogP contribution >= 0.6 is 11.8 Å². The highest BCUT2D eigenvalue weighted by atomic mass is 32.2. The summed E-state index contributed by atoms with van der Waals surface area (Å²) in [5.74, 6) is 1.94. The van der Waals surface area contributed by atoms with E-state index in [-0.39, 0.29) is 11.6 Å². The topological polar surface area (TPSA) is 72.1 Å². The zero-order valence-electron chi connectivity index (χ0n) is 16.6. The number of aromatic nitrogens is 3. The Morgan fingerprint density at radius 1 is 1.17 bits per heavy atom. The molecule has 0 unspecified atom stereocenters. The van der Waals surface area contributed by atoms with Crippen molar-refractivity contribution < 1.29 is 13.9 Å². The average Bonchev–Trinajstić information content (AvgIpc) is 3.12. The molecular weight excluding hydrogens is 403 g/mol. The molecule has 2 N–H and O–H groups in total. The summed E-state index contributed by atoms with van der Waals surface area (Å²) in [7, 11) is 0. The molecule has 0 aliphatic carbocycles. The molecule has 0 fully saturated rings. The fraction of sp³-hybridized carbons (Fsp3) is 0.182. The van der Waals surface area contributed by atoms with Crippen LogP contribution in [-0.4, -0.2) is 33.6 Å². The Hall–Kier alpha value is -3.26. The van der Waals surface area contributed by atoms with Crippen molar-refractivity contribution in [2.75, 3.05) is 23.9 Å². The number of ether oxygens (including phenoxy) is 2. The first-order valence-corrected chi connectivity index (χ1v) is 10.8. The molecule has 0 amide bonds. The number of anilines is 2. The number of aromatic amines is 1. The fourth-order valence-corrected chi connectivity index (χ4v) is 3.22. The molecule has 0 aliphatic rings. The van der Waals surface area contributed by atoms with Gasteiger partial charge in [0.25, 0.3) is 0 Å². The number of rotatable bonds is 8. The molecule has 4 rings (SSSR count). The van der Waals surface area contributed by atoms with E-state index in [1.165, 1.54) is 0 Å². The van der Waals surface area contributed by atoms with Crippen LogP contribution in [0.1, 0.15) is 5.69 Å². The Morgan fingerprint density at radius 2 is 2.07 bits per heavy atom. The van der Waals surface area contributed by atoms with Crippen LogP contribution in [0, 0.1) is 12.7 Å². The van der Waals surface area contributed by atoms with Gasteiger partial charge in [-0.25, -0.2) is 9.37 Å². The van der Waals surface area contributed by atoms with E-state index >= 15 is 0 Å². The number of halogens is 1. The first-order chi connectivity index (χ1) is 14.6. The van der Waals surface area contributed by atoms with Crippen LogP contribution in [0.3, 0.4) is 0 Å². The maximum atomic E-state index is 14.8. The van der Waals surface area contributed by atoms with Gasteiger partial charge >= 0.3 is 0 Å². The van der Waals surface area contributed by atoms with Gasteiger partial charge in [-0.2, -0.15) is 16.7 Å². The second-order valence-electron chi connectivity index (χ2n) is 6.61. The third-order valence-electron chi connectivity index (χ3n) is 4.33. The molecule has 2 aromatic carbocycles. The number of hydrogen-bond donors (Lipinski definition) is 2. The Balaban J connectivity index is 1.49. The predicted molar refractivity (Wildman–Crippen MR) is 119 cm³/mol. The molecule has 2 heterocycles. The van der Waals surface area contributed by atoms with E-state index in [1.54, 1.807) is 42.2 Å². The summed E-state index contributed by atoms with van der Waals surface area (Å²) in [4.78, 5) is 11.6. The first kappa shape index (κ1) is 20.0. The minimum atomic E-state index is -0.430. The molecule has 0 saturated carbocycles. The molecule has 0 saturated heterocycles. The third-order valence-corrected chi connectivity index (χ3v) is 4.90. The van der Waals surface area contributed by atoms with Crippen LogP contribution in [0.5, 0.6) is 17.4 Å². The van der Waals surface area contributed by atoms with E-state index in [2.05, 4.69) is 20.3 Å². The molecular formula is C22H21FN4O2S. The maximum Gasteiger partial charge on any atom is 0.230 e. The van der Waals surface area contributed by atoms with Gasteiger partial charge in [0.2, 0.25) is 11.8 Å². The molecule has 0 radical (unpaired) electrons. The second-order valence-corrected chi connectivity index (χ2v) is 7.59. The second kappa shape index (κ2) is 9.04. The summed E-state index contributed by atoms with van der Waals surface area (Å²) >= 11 is 1.73. The van der Waals surface area contributed by atoms with Gasteiger partial charge in [-0.05, 0) is 43.5 Å². The number of aryl methyl sites for hydroxylation is 1. The SMILES string of the molecule is CSCCOc1cccc(Nc2nccc(Oc3ccc4[nH]c(C)cc4c3F)n2)c1.